The van der Waals surface area contributed by atoms with Crippen LogP contribution in [0.4, 0.5) is 14.5 Å². The number of para-hydroxylation sites is 1. The van der Waals surface area contributed by atoms with Crippen LogP contribution < -0.4 is 9.64 Å². The summed E-state index contributed by atoms with van der Waals surface area (Å²) in [6, 6.07) is 11.2. The molecule has 132 valence electrons. The van der Waals surface area contributed by atoms with Crippen molar-refractivity contribution in [1.82, 2.24) is 4.90 Å². The minimum absolute atomic E-state index is 0.00949. The molecule has 0 spiro atoms. The smallest absolute Gasteiger partial charge is 0.227 e. The maximum Gasteiger partial charge on any atom is 0.227 e. The van der Waals surface area contributed by atoms with Crippen LogP contribution in [-0.4, -0.2) is 44.1 Å². The molecule has 1 heterocycles. The number of hydrogen-bond donors (Lipinski definition) is 0. The van der Waals surface area contributed by atoms with Gasteiger partial charge < -0.3 is 14.5 Å². The Kier molecular flexibility index (Phi) is 5.16. The molecule has 0 atom stereocenters. The Labute approximate surface area is 145 Å². The number of rotatable bonds is 4. The van der Waals surface area contributed by atoms with E-state index in [0.29, 0.717) is 32.6 Å². The SMILES string of the molecule is COc1ccc(CC(=O)N2CCN(c3c(F)cccc3F)CC2)cc1. The van der Waals surface area contributed by atoms with Crippen LogP contribution in [0.15, 0.2) is 42.5 Å². The molecule has 25 heavy (non-hydrogen) atoms. The Morgan fingerprint density at radius 2 is 1.60 bits per heavy atom. The summed E-state index contributed by atoms with van der Waals surface area (Å²) in [6.07, 6.45) is 0.304. The molecule has 2 aromatic carbocycles. The number of carbonyl (C=O) groups excluding carboxylic acids is 1. The van der Waals surface area contributed by atoms with Crippen LogP contribution in [-0.2, 0) is 11.2 Å². The number of ether oxygens (including phenoxy) is 1. The third-order valence-electron chi connectivity index (χ3n) is 4.40. The molecule has 0 N–H and O–H groups in total. The van der Waals surface area contributed by atoms with Crippen LogP contribution in [0, 0.1) is 11.6 Å². The fourth-order valence-electron chi connectivity index (χ4n) is 3.00. The Morgan fingerprint density at radius 3 is 2.16 bits per heavy atom. The summed E-state index contributed by atoms with van der Waals surface area (Å²) in [4.78, 5) is 15.8. The van der Waals surface area contributed by atoms with Crippen LogP contribution >= 0.6 is 0 Å². The predicted octanol–water partition coefficient (Wildman–Crippen LogP) is 2.86. The van der Waals surface area contributed by atoms with Gasteiger partial charge in [0, 0.05) is 26.2 Å². The highest BCUT2D eigenvalue weighted by molar-refractivity contribution is 5.79. The van der Waals surface area contributed by atoms with Crippen molar-refractivity contribution < 1.29 is 18.3 Å². The highest BCUT2D eigenvalue weighted by Gasteiger charge is 2.24. The van der Waals surface area contributed by atoms with Gasteiger partial charge in [0.15, 0.2) is 0 Å². The number of amides is 1. The van der Waals surface area contributed by atoms with Crippen molar-refractivity contribution in [2.45, 2.75) is 6.42 Å². The Balaban J connectivity index is 1.59. The zero-order valence-electron chi connectivity index (χ0n) is 14.0. The highest BCUT2D eigenvalue weighted by atomic mass is 19.1. The summed E-state index contributed by atoms with van der Waals surface area (Å²) in [5, 5.41) is 0. The van der Waals surface area contributed by atoms with E-state index in [1.807, 2.05) is 24.3 Å². The molecule has 1 amide bonds. The zero-order chi connectivity index (χ0) is 17.8. The second kappa shape index (κ2) is 7.51. The Bertz CT molecular complexity index is 721. The lowest BCUT2D eigenvalue weighted by atomic mass is 10.1. The van der Waals surface area contributed by atoms with Gasteiger partial charge in [-0.05, 0) is 29.8 Å². The second-order valence-corrected chi connectivity index (χ2v) is 5.96. The lowest BCUT2D eigenvalue weighted by Gasteiger charge is -2.36. The summed E-state index contributed by atoms with van der Waals surface area (Å²) in [5.74, 6) is -0.383. The van der Waals surface area contributed by atoms with Crippen molar-refractivity contribution in [2.24, 2.45) is 0 Å². The zero-order valence-corrected chi connectivity index (χ0v) is 14.0. The van der Waals surface area contributed by atoms with E-state index in [-0.39, 0.29) is 11.6 Å². The Morgan fingerprint density at radius 1 is 1.00 bits per heavy atom. The second-order valence-electron chi connectivity index (χ2n) is 5.96. The maximum absolute atomic E-state index is 13.9. The monoisotopic (exact) mass is 346 g/mol. The number of anilines is 1. The van der Waals surface area contributed by atoms with E-state index in [9.17, 15) is 13.6 Å². The minimum atomic E-state index is -0.571. The van der Waals surface area contributed by atoms with Crippen molar-refractivity contribution in [3.63, 3.8) is 0 Å². The molecule has 3 rings (SSSR count). The third kappa shape index (κ3) is 3.90. The normalized spacial score (nSPS) is 14.5. The molecule has 1 saturated heterocycles. The first-order chi connectivity index (χ1) is 12.1. The standard InChI is InChI=1S/C19H20F2N2O2/c1-25-15-7-5-14(6-8-15)13-18(24)22-9-11-23(12-10-22)19-16(20)3-2-4-17(19)21/h2-8H,9-13H2,1H3. The van der Waals surface area contributed by atoms with Gasteiger partial charge in [-0.15, -0.1) is 0 Å². The molecule has 1 fully saturated rings. The van der Waals surface area contributed by atoms with E-state index in [0.717, 1.165) is 11.3 Å². The van der Waals surface area contributed by atoms with Crippen molar-refractivity contribution in [1.29, 1.82) is 0 Å². The molecular formula is C19H20F2N2O2. The summed E-state index contributed by atoms with van der Waals surface area (Å²) in [7, 11) is 1.60. The van der Waals surface area contributed by atoms with Crippen LogP contribution in [0.3, 0.4) is 0 Å². The first kappa shape index (κ1) is 17.2. The van der Waals surface area contributed by atoms with Gasteiger partial charge >= 0.3 is 0 Å². The summed E-state index contributed by atoms with van der Waals surface area (Å²) >= 11 is 0. The largest absolute Gasteiger partial charge is 0.497 e. The molecule has 0 saturated carbocycles. The van der Waals surface area contributed by atoms with E-state index in [2.05, 4.69) is 0 Å². The number of methoxy groups -OCH3 is 1. The van der Waals surface area contributed by atoms with Crippen molar-refractivity contribution >= 4 is 11.6 Å². The Hall–Kier alpha value is -2.63. The quantitative estimate of drug-likeness (QED) is 0.853. The van der Waals surface area contributed by atoms with E-state index in [4.69, 9.17) is 4.74 Å². The van der Waals surface area contributed by atoms with Crippen molar-refractivity contribution in [2.75, 3.05) is 38.2 Å². The average Bonchev–Trinajstić information content (AvgIpc) is 2.63. The first-order valence-electron chi connectivity index (χ1n) is 8.18. The molecule has 0 aromatic heterocycles. The maximum atomic E-state index is 13.9. The van der Waals surface area contributed by atoms with Crippen LogP contribution in [0.25, 0.3) is 0 Å². The molecule has 0 radical (unpaired) electrons. The van der Waals surface area contributed by atoms with E-state index >= 15 is 0 Å². The molecule has 6 heteroatoms. The molecule has 1 aliphatic heterocycles. The van der Waals surface area contributed by atoms with Gasteiger partial charge in [0.2, 0.25) is 5.91 Å². The van der Waals surface area contributed by atoms with Crippen LogP contribution in [0.5, 0.6) is 5.75 Å². The van der Waals surface area contributed by atoms with Gasteiger partial charge in [0.25, 0.3) is 0 Å². The lowest BCUT2D eigenvalue weighted by molar-refractivity contribution is -0.130. The summed E-state index contributed by atoms with van der Waals surface area (Å²) in [5.41, 5.74) is 0.901. The van der Waals surface area contributed by atoms with Gasteiger partial charge in [0.1, 0.15) is 23.1 Å². The molecule has 0 bridgehead atoms. The number of halogens is 2. The fourth-order valence-corrected chi connectivity index (χ4v) is 3.00. The van der Waals surface area contributed by atoms with Crippen molar-refractivity contribution in [3.8, 4) is 5.75 Å². The number of hydrogen-bond acceptors (Lipinski definition) is 3. The van der Waals surface area contributed by atoms with Gasteiger partial charge in [-0.1, -0.05) is 18.2 Å². The fraction of sp³-hybridized carbons (Fsp3) is 0.316. The molecule has 0 unspecified atom stereocenters. The van der Waals surface area contributed by atoms with Crippen LogP contribution in [0.1, 0.15) is 5.56 Å². The van der Waals surface area contributed by atoms with Gasteiger partial charge in [-0.25, -0.2) is 8.78 Å². The van der Waals surface area contributed by atoms with E-state index in [1.54, 1.807) is 16.9 Å². The van der Waals surface area contributed by atoms with E-state index < -0.39 is 11.6 Å². The van der Waals surface area contributed by atoms with Crippen LogP contribution in [0.2, 0.25) is 0 Å². The molecule has 0 aliphatic carbocycles. The first-order valence-corrected chi connectivity index (χ1v) is 8.18. The predicted molar refractivity (Wildman–Crippen MR) is 91.8 cm³/mol. The van der Waals surface area contributed by atoms with Gasteiger partial charge in [-0.3, -0.25) is 4.79 Å². The summed E-state index contributed by atoms with van der Waals surface area (Å²) < 4.78 is 32.8. The number of piperazine rings is 1. The molecular weight excluding hydrogens is 326 g/mol. The number of nitrogens with zero attached hydrogens (tertiary/aromatic N) is 2. The number of carbonyl (C=O) groups is 1. The number of benzene rings is 2. The molecule has 2 aromatic rings. The molecule has 1 aliphatic rings. The van der Waals surface area contributed by atoms with Gasteiger partial charge in [0.05, 0.1) is 13.5 Å². The van der Waals surface area contributed by atoms with Gasteiger partial charge in [-0.2, -0.15) is 0 Å². The minimum Gasteiger partial charge on any atom is -0.497 e. The topological polar surface area (TPSA) is 32.8 Å². The third-order valence-corrected chi connectivity index (χ3v) is 4.40. The highest BCUT2D eigenvalue weighted by Crippen LogP contribution is 2.24. The molecule has 4 nitrogen and oxygen atoms in total. The lowest BCUT2D eigenvalue weighted by Crippen LogP contribution is -2.49. The average molecular weight is 346 g/mol. The van der Waals surface area contributed by atoms with E-state index in [1.165, 1.54) is 18.2 Å². The summed E-state index contributed by atoms with van der Waals surface area (Å²) in [6.45, 7) is 1.71. The van der Waals surface area contributed by atoms with Crippen molar-refractivity contribution in [3.05, 3.63) is 59.7 Å².